The molecule has 1 amide bonds. The Morgan fingerprint density at radius 1 is 1.58 bits per heavy atom. The topological polar surface area (TPSA) is 107 Å². The Kier molecular flexibility index (Phi) is 3.50. The minimum atomic E-state index is -1.02. The fourth-order valence-electron chi connectivity index (χ4n) is 1.95. The Morgan fingerprint density at radius 2 is 2.32 bits per heavy atom. The van der Waals surface area contributed by atoms with Crippen molar-refractivity contribution in [3.05, 3.63) is 33.9 Å². The lowest BCUT2D eigenvalue weighted by Gasteiger charge is -2.20. The zero-order valence-electron chi connectivity index (χ0n) is 10.5. The Hall–Kier alpha value is -1.99. The number of ether oxygens (including phenoxy) is 1. The average molecular weight is 265 g/mol. The summed E-state index contributed by atoms with van der Waals surface area (Å²) in [6.45, 7) is 2.26. The third kappa shape index (κ3) is 2.72. The number of hydrogen-bond acceptors (Lipinski definition) is 5. The van der Waals surface area contributed by atoms with Crippen molar-refractivity contribution in [2.75, 3.05) is 18.5 Å². The third-order valence-electron chi connectivity index (χ3n) is 3.16. The zero-order chi connectivity index (χ0) is 14.0. The van der Waals surface area contributed by atoms with Crippen LogP contribution in [-0.2, 0) is 9.53 Å². The van der Waals surface area contributed by atoms with Crippen LogP contribution in [0.4, 0.5) is 11.4 Å². The second-order valence-corrected chi connectivity index (χ2v) is 4.67. The molecule has 0 spiro atoms. The molecule has 1 atom stereocenters. The number of aryl methyl sites for hydroxylation is 1. The van der Waals surface area contributed by atoms with E-state index in [0.29, 0.717) is 24.3 Å². The van der Waals surface area contributed by atoms with Gasteiger partial charge in [0.25, 0.3) is 5.69 Å². The van der Waals surface area contributed by atoms with Crippen LogP contribution < -0.4 is 11.1 Å². The number of nitro benzene ring substituents is 1. The summed E-state index contributed by atoms with van der Waals surface area (Å²) in [6, 6.07) is 4.40. The van der Waals surface area contributed by atoms with Gasteiger partial charge in [-0.1, -0.05) is 0 Å². The molecule has 0 bridgehead atoms. The van der Waals surface area contributed by atoms with E-state index in [1.807, 2.05) is 0 Å². The van der Waals surface area contributed by atoms with Gasteiger partial charge in [-0.2, -0.15) is 0 Å². The first-order chi connectivity index (χ1) is 8.92. The lowest BCUT2D eigenvalue weighted by atomic mass is 9.99. The SMILES string of the molecule is Cc1cc(NC(=O)C2(N)CCOC2)ccc1[N+](=O)[O-]. The van der Waals surface area contributed by atoms with E-state index in [1.165, 1.54) is 12.1 Å². The number of carbonyl (C=O) groups is 1. The van der Waals surface area contributed by atoms with Crippen LogP contribution in [0.25, 0.3) is 0 Å². The molecule has 19 heavy (non-hydrogen) atoms. The van der Waals surface area contributed by atoms with Gasteiger partial charge in [-0.25, -0.2) is 0 Å². The van der Waals surface area contributed by atoms with Crippen LogP contribution in [0.2, 0.25) is 0 Å². The number of nitrogens with two attached hydrogens (primary N) is 1. The fraction of sp³-hybridized carbons (Fsp3) is 0.417. The van der Waals surface area contributed by atoms with Crippen LogP contribution in [0, 0.1) is 17.0 Å². The van der Waals surface area contributed by atoms with Crippen molar-refractivity contribution in [2.45, 2.75) is 18.9 Å². The minimum absolute atomic E-state index is 0.0182. The monoisotopic (exact) mass is 265 g/mol. The molecule has 3 N–H and O–H groups in total. The van der Waals surface area contributed by atoms with E-state index < -0.39 is 10.5 Å². The summed E-state index contributed by atoms with van der Waals surface area (Å²) in [5, 5.41) is 13.4. The largest absolute Gasteiger partial charge is 0.379 e. The first-order valence-corrected chi connectivity index (χ1v) is 5.85. The van der Waals surface area contributed by atoms with Gasteiger partial charge in [0.05, 0.1) is 11.5 Å². The quantitative estimate of drug-likeness (QED) is 0.625. The van der Waals surface area contributed by atoms with E-state index in [1.54, 1.807) is 13.0 Å². The predicted octanol–water partition coefficient (Wildman–Crippen LogP) is 0.960. The van der Waals surface area contributed by atoms with Gasteiger partial charge in [0.1, 0.15) is 5.54 Å². The van der Waals surface area contributed by atoms with Crippen molar-refractivity contribution in [3.63, 3.8) is 0 Å². The molecule has 0 radical (unpaired) electrons. The summed E-state index contributed by atoms with van der Waals surface area (Å²) < 4.78 is 5.12. The first-order valence-electron chi connectivity index (χ1n) is 5.85. The summed E-state index contributed by atoms with van der Waals surface area (Å²) in [5.74, 6) is -0.335. The smallest absolute Gasteiger partial charge is 0.272 e. The third-order valence-corrected chi connectivity index (χ3v) is 3.16. The van der Waals surface area contributed by atoms with Crippen LogP contribution in [-0.4, -0.2) is 29.6 Å². The Balaban J connectivity index is 2.13. The molecule has 1 aromatic rings. The van der Waals surface area contributed by atoms with Crippen molar-refractivity contribution >= 4 is 17.3 Å². The van der Waals surface area contributed by atoms with Gasteiger partial charge < -0.3 is 15.8 Å². The highest BCUT2D eigenvalue weighted by Gasteiger charge is 2.38. The molecule has 1 fully saturated rings. The van der Waals surface area contributed by atoms with Gasteiger partial charge in [-0.15, -0.1) is 0 Å². The van der Waals surface area contributed by atoms with E-state index in [4.69, 9.17) is 10.5 Å². The highest BCUT2D eigenvalue weighted by Crippen LogP contribution is 2.23. The minimum Gasteiger partial charge on any atom is -0.379 e. The first kappa shape index (κ1) is 13.4. The number of nitrogens with one attached hydrogen (secondary N) is 1. The van der Waals surface area contributed by atoms with Gasteiger partial charge in [0.15, 0.2) is 0 Å². The molecule has 1 saturated heterocycles. The number of hydrogen-bond donors (Lipinski definition) is 2. The van der Waals surface area contributed by atoms with Crippen molar-refractivity contribution in [1.29, 1.82) is 0 Å². The number of anilines is 1. The normalized spacial score (nSPS) is 22.2. The molecule has 1 aromatic carbocycles. The average Bonchev–Trinajstić information content (AvgIpc) is 2.77. The Bertz CT molecular complexity index is 524. The van der Waals surface area contributed by atoms with Crippen LogP contribution in [0.1, 0.15) is 12.0 Å². The molecule has 7 heteroatoms. The highest BCUT2D eigenvalue weighted by molar-refractivity contribution is 5.98. The molecular weight excluding hydrogens is 250 g/mol. The molecule has 1 unspecified atom stereocenters. The molecule has 102 valence electrons. The second-order valence-electron chi connectivity index (χ2n) is 4.67. The van der Waals surface area contributed by atoms with Crippen molar-refractivity contribution in [1.82, 2.24) is 0 Å². The van der Waals surface area contributed by atoms with E-state index in [-0.39, 0.29) is 18.2 Å². The summed E-state index contributed by atoms with van der Waals surface area (Å²) in [7, 11) is 0. The van der Waals surface area contributed by atoms with Crippen LogP contribution in [0.15, 0.2) is 18.2 Å². The summed E-state index contributed by atoms with van der Waals surface area (Å²) in [4.78, 5) is 22.3. The number of benzene rings is 1. The fourth-order valence-corrected chi connectivity index (χ4v) is 1.95. The zero-order valence-corrected chi connectivity index (χ0v) is 10.5. The van der Waals surface area contributed by atoms with Crippen LogP contribution in [0.3, 0.4) is 0 Å². The molecule has 1 aliphatic heterocycles. The van der Waals surface area contributed by atoms with E-state index in [9.17, 15) is 14.9 Å². The molecule has 1 aliphatic rings. The highest BCUT2D eigenvalue weighted by atomic mass is 16.6. The maximum atomic E-state index is 12.0. The van der Waals surface area contributed by atoms with Gasteiger partial charge in [0.2, 0.25) is 5.91 Å². The molecule has 0 aromatic heterocycles. The van der Waals surface area contributed by atoms with Gasteiger partial charge in [0, 0.05) is 23.9 Å². The van der Waals surface area contributed by atoms with Gasteiger partial charge in [-0.05, 0) is 25.5 Å². The molecule has 1 heterocycles. The van der Waals surface area contributed by atoms with E-state index in [0.717, 1.165) is 0 Å². The number of rotatable bonds is 3. The van der Waals surface area contributed by atoms with Crippen molar-refractivity contribution < 1.29 is 14.5 Å². The number of carbonyl (C=O) groups excluding carboxylic acids is 1. The molecule has 7 nitrogen and oxygen atoms in total. The Labute approximate surface area is 109 Å². The van der Waals surface area contributed by atoms with Gasteiger partial charge in [-0.3, -0.25) is 14.9 Å². The standard InChI is InChI=1S/C12H15N3O4/c1-8-6-9(2-3-10(8)15(17)18)14-11(16)12(13)4-5-19-7-12/h2-3,6H,4-5,7,13H2,1H3,(H,14,16). The molecule has 0 saturated carbocycles. The predicted molar refractivity (Wildman–Crippen MR) is 68.8 cm³/mol. The van der Waals surface area contributed by atoms with Gasteiger partial charge >= 0.3 is 0 Å². The number of nitrogens with zero attached hydrogens (tertiary/aromatic N) is 1. The molecular formula is C12H15N3O4. The van der Waals surface area contributed by atoms with Crippen molar-refractivity contribution in [2.24, 2.45) is 5.73 Å². The summed E-state index contributed by atoms with van der Waals surface area (Å²) >= 11 is 0. The number of amides is 1. The summed E-state index contributed by atoms with van der Waals surface area (Å²) in [5.41, 5.74) is 5.89. The maximum absolute atomic E-state index is 12.0. The number of nitro groups is 1. The Morgan fingerprint density at radius 3 is 2.84 bits per heavy atom. The van der Waals surface area contributed by atoms with E-state index in [2.05, 4.69) is 5.32 Å². The lowest BCUT2D eigenvalue weighted by molar-refractivity contribution is -0.385. The maximum Gasteiger partial charge on any atom is 0.272 e. The van der Waals surface area contributed by atoms with Crippen LogP contribution >= 0.6 is 0 Å². The lowest BCUT2D eigenvalue weighted by Crippen LogP contribution is -2.51. The molecule has 0 aliphatic carbocycles. The second kappa shape index (κ2) is 4.94. The molecule has 2 rings (SSSR count). The van der Waals surface area contributed by atoms with Crippen LogP contribution in [0.5, 0.6) is 0 Å². The summed E-state index contributed by atoms with van der Waals surface area (Å²) in [6.07, 6.45) is 0.463. The van der Waals surface area contributed by atoms with Crippen molar-refractivity contribution in [3.8, 4) is 0 Å². The van der Waals surface area contributed by atoms with E-state index >= 15 is 0 Å².